The topological polar surface area (TPSA) is 64.4 Å². The van der Waals surface area contributed by atoms with E-state index in [0.29, 0.717) is 17.6 Å². The highest BCUT2D eigenvalue weighted by molar-refractivity contribution is 8.00. The fourth-order valence-electron chi connectivity index (χ4n) is 4.59. The minimum atomic E-state index is -0.278. The zero-order valence-electron chi connectivity index (χ0n) is 19.0. The van der Waals surface area contributed by atoms with Gasteiger partial charge in [-0.05, 0) is 57.4 Å². The summed E-state index contributed by atoms with van der Waals surface area (Å²) in [5.41, 5.74) is 1.11. The Kier molecular flexibility index (Phi) is 7.08. The molecule has 0 unspecified atom stereocenters. The molecule has 0 aromatic carbocycles. The molecule has 2 aliphatic rings. The first kappa shape index (κ1) is 22.8. The molecule has 4 rings (SSSR count). The van der Waals surface area contributed by atoms with Crippen molar-refractivity contribution in [1.82, 2.24) is 14.5 Å². The number of hydrogen-bond donors (Lipinski definition) is 0. The summed E-state index contributed by atoms with van der Waals surface area (Å²) < 4.78 is 7.60. The van der Waals surface area contributed by atoms with Crippen molar-refractivity contribution in [2.75, 3.05) is 19.7 Å². The Morgan fingerprint density at radius 3 is 2.71 bits per heavy atom. The molecule has 2 aliphatic heterocycles. The van der Waals surface area contributed by atoms with Crippen LogP contribution in [0.3, 0.4) is 0 Å². The van der Waals surface area contributed by atoms with E-state index in [1.807, 2.05) is 11.8 Å². The molecular weight excluding hydrogens is 430 g/mol. The van der Waals surface area contributed by atoms with Crippen molar-refractivity contribution >= 4 is 39.2 Å². The molecule has 1 amide bonds. The maximum atomic E-state index is 13.6. The second-order valence-corrected chi connectivity index (χ2v) is 11.4. The Bertz CT molecular complexity index is 1000. The van der Waals surface area contributed by atoms with E-state index in [-0.39, 0.29) is 22.8 Å². The van der Waals surface area contributed by atoms with Gasteiger partial charge < -0.3 is 9.64 Å². The number of fused-ring (bicyclic) bond motifs is 1. The maximum Gasteiger partial charge on any atom is 0.263 e. The molecule has 170 valence electrons. The average molecular weight is 464 g/mol. The molecule has 2 aromatic heterocycles. The number of likely N-dealkylation sites (tertiary alicyclic amines) is 1. The summed E-state index contributed by atoms with van der Waals surface area (Å²) in [6.07, 6.45) is 4.96. The van der Waals surface area contributed by atoms with Crippen molar-refractivity contribution in [3.8, 4) is 0 Å². The second-order valence-electron chi connectivity index (χ2n) is 8.88. The van der Waals surface area contributed by atoms with Gasteiger partial charge in [0.2, 0.25) is 5.91 Å². The molecule has 0 N–H and O–H groups in total. The monoisotopic (exact) mass is 463 g/mol. The standard InChI is InChI=1S/C23H33N3O3S2/c1-5-18-15(3)30-20-19(18)22(28)26(13-17-7-6-12-29-17)23(24-20)31-16(4)21(27)25-10-8-14(2)9-11-25/h14,16-17H,5-13H2,1-4H3/t16-,17+/m0/s1. The van der Waals surface area contributed by atoms with Crippen LogP contribution in [0, 0.1) is 12.8 Å². The number of amides is 1. The number of aryl methyl sites for hydroxylation is 2. The molecular formula is C23H33N3O3S2. The number of carbonyl (C=O) groups is 1. The molecule has 2 atom stereocenters. The van der Waals surface area contributed by atoms with E-state index >= 15 is 0 Å². The van der Waals surface area contributed by atoms with Crippen LogP contribution in [0.2, 0.25) is 0 Å². The number of thiophene rings is 1. The van der Waals surface area contributed by atoms with Gasteiger partial charge in [0.25, 0.3) is 5.56 Å². The lowest BCUT2D eigenvalue weighted by atomic mass is 9.99. The number of carbonyl (C=O) groups excluding carboxylic acids is 1. The van der Waals surface area contributed by atoms with Gasteiger partial charge >= 0.3 is 0 Å². The van der Waals surface area contributed by atoms with Gasteiger partial charge in [0.05, 0.1) is 23.3 Å². The predicted octanol–water partition coefficient (Wildman–Crippen LogP) is 4.25. The third-order valence-electron chi connectivity index (χ3n) is 6.57. The van der Waals surface area contributed by atoms with Crippen molar-refractivity contribution in [2.24, 2.45) is 5.92 Å². The molecule has 2 aromatic rings. The average Bonchev–Trinajstić information content (AvgIpc) is 3.37. The number of aromatic nitrogens is 2. The van der Waals surface area contributed by atoms with E-state index in [4.69, 9.17) is 9.72 Å². The molecule has 0 radical (unpaired) electrons. The number of rotatable bonds is 6. The zero-order chi connectivity index (χ0) is 22.1. The molecule has 2 fully saturated rings. The minimum absolute atomic E-state index is 0.00986. The number of piperidine rings is 1. The Morgan fingerprint density at radius 2 is 2.06 bits per heavy atom. The van der Waals surface area contributed by atoms with Crippen LogP contribution < -0.4 is 5.56 Å². The van der Waals surface area contributed by atoms with Gasteiger partial charge in [0, 0.05) is 24.6 Å². The van der Waals surface area contributed by atoms with Crippen LogP contribution in [-0.4, -0.2) is 51.4 Å². The lowest BCUT2D eigenvalue weighted by Crippen LogP contribution is -2.42. The fourth-order valence-corrected chi connectivity index (χ4v) is 6.75. The summed E-state index contributed by atoms with van der Waals surface area (Å²) in [5, 5.41) is 1.11. The number of nitrogens with zero attached hydrogens (tertiary/aromatic N) is 3. The van der Waals surface area contributed by atoms with Crippen LogP contribution >= 0.6 is 23.1 Å². The lowest BCUT2D eigenvalue weighted by molar-refractivity contribution is -0.131. The molecule has 8 heteroatoms. The van der Waals surface area contributed by atoms with Gasteiger partial charge in [-0.25, -0.2) is 4.98 Å². The maximum absolute atomic E-state index is 13.6. The summed E-state index contributed by atoms with van der Waals surface area (Å²) >= 11 is 3.00. The summed E-state index contributed by atoms with van der Waals surface area (Å²) in [5.74, 6) is 0.828. The van der Waals surface area contributed by atoms with Crippen molar-refractivity contribution < 1.29 is 9.53 Å². The highest BCUT2D eigenvalue weighted by Gasteiger charge is 2.28. The summed E-state index contributed by atoms with van der Waals surface area (Å²) in [6, 6.07) is 0. The van der Waals surface area contributed by atoms with Gasteiger partial charge in [-0.15, -0.1) is 11.3 Å². The van der Waals surface area contributed by atoms with Gasteiger partial charge in [-0.3, -0.25) is 14.2 Å². The molecule has 31 heavy (non-hydrogen) atoms. The summed E-state index contributed by atoms with van der Waals surface area (Å²) in [4.78, 5) is 35.5. The van der Waals surface area contributed by atoms with Crippen molar-refractivity contribution in [2.45, 2.75) is 82.9 Å². The molecule has 2 saturated heterocycles. The van der Waals surface area contributed by atoms with E-state index < -0.39 is 0 Å². The van der Waals surface area contributed by atoms with E-state index in [9.17, 15) is 9.59 Å². The van der Waals surface area contributed by atoms with Crippen LogP contribution in [0.5, 0.6) is 0 Å². The van der Waals surface area contributed by atoms with Crippen molar-refractivity contribution in [3.63, 3.8) is 0 Å². The second kappa shape index (κ2) is 9.63. The van der Waals surface area contributed by atoms with Crippen LogP contribution in [-0.2, 0) is 22.5 Å². The first-order valence-corrected chi connectivity index (χ1v) is 13.2. The highest BCUT2D eigenvalue weighted by Crippen LogP contribution is 2.32. The van der Waals surface area contributed by atoms with Gasteiger partial charge in [-0.2, -0.15) is 0 Å². The fraction of sp³-hybridized carbons (Fsp3) is 0.696. The van der Waals surface area contributed by atoms with Gasteiger partial charge in [0.15, 0.2) is 5.16 Å². The van der Waals surface area contributed by atoms with E-state index in [0.717, 1.165) is 72.5 Å². The van der Waals surface area contributed by atoms with Crippen LogP contribution in [0.1, 0.15) is 56.9 Å². The van der Waals surface area contributed by atoms with E-state index in [1.54, 1.807) is 15.9 Å². The Morgan fingerprint density at radius 1 is 1.32 bits per heavy atom. The minimum Gasteiger partial charge on any atom is -0.376 e. The molecule has 0 bridgehead atoms. The van der Waals surface area contributed by atoms with Gasteiger partial charge in [-0.1, -0.05) is 25.6 Å². The van der Waals surface area contributed by atoms with Crippen molar-refractivity contribution in [3.05, 3.63) is 20.8 Å². The zero-order valence-corrected chi connectivity index (χ0v) is 20.6. The third-order valence-corrected chi connectivity index (χ3v) is 8.69. The van der Waals surface area contributed by atoms with Crippen LogP contribution in [0.25, 0.3) is 10.2 Å². The Balaban J connectivity index is 1.66. The van der Waals surface area contributed by atoms with Crippen LogP contribution in [0.15, 0.2) is 9.95 Å². The van der Waals surface area contributed by atoms with Crippen LogP contribution in [0.4, 0.5) is 0 Å². The summed E-state index contributed by atoms with van der Waals surface area (Å²) in [6.45, 7) is 11.2. The highest BCUT2D eigenvalue weighted by atomic mass is 32.2. The molecule has 0 aliphatic carbocycles. The molecule has 4 heterocycles. The van der Waals surface area contributed by atoms with Gasteiger partial charge in [0.1, 0.15) is 4.83 Å². The molecule has 0 saturated carbocycles. The Labute approximate surface area is 192 Å². The quantitative estimate of drug-likeness (QED) is 0.473. The Hall–Kier alpha value is -1.38. The van der Waals surface area contributed by atoms with E-state index in [2.05, 4.69) is 20.8 Å². The van der Waals surface area contributed by atoms with E-state index in [1.165, 1.54) is 11.8 Å². The normalized spacial score (nSPS) is 21.2. The van der Waals surface area contributed by atoms with Crippen molar-refractivity contribution in [1.29, 1.82) is 0 Å². The number of thioether (sulfide) groups is 1. The predicted molar refractivity (Wildman–Crippen MR) is 127 cm³/mol. The molecule has 0 spiro atoms. The SMILES string of the molecule is CCc1c(C)sc2nc(S[C@@H](C)C(=O)N3CCC(C)CC3)n(C[C@H]3CCCO3)c(=O)c12. The largest absolute Gasteiger partial charge is 0.376 e. The lowest BCUT2D eigenvalue weighted by Gasteiger charge is -2.32. The number of ether oxygens (including phenoxy) is 1. The third kappa shape index (κ3) is 4.71. The molecule has 6 nitrogen and oxygen atoms in total. The first-order chi connectivity index (χ1) is 14.9. The summed E-state index contributed by atoms with van der Waals surface area (Å²) in [7, 11) is 0. The first-order valence-electron chi connectivity index (χ1n) is 11.5. The smallest absolute Gasteiger partial charge is 0.263 e. The number of hydrogen-bond acceptors (Lipinski definition) is 6.